The van der Waals surface area contributed by atoms with Gasteiger partial charge in [0, 0.05) is 32.0 Å². The van der Waals surface area contributed by atoms with Crippen LogP contribution in [-0.2, 0) is 19.1 Å². The first kappa shape index (κ1) is 20.6. The Morgan fingerprint density at radius 1 is 1.12 bits per heavy atom. The number of nitrogens with two attached hydrogens (primary N) is 2. The largest absolute Gasteiger partial charge is 0.378 e. The molecule has 0 aromatic carbocycles. The third-order valence-corrected chi connectivity index (χ3v) is 5.39. The number of nitrogens with zero attached hydrogens (tertiary/aromatic N) is 1. The summed E-state index contributed by atoms with van der Waals surface area (Å²) in [7, 11) is 0. The highest BCUT2D eigenvalue weighted by molar-refractivity contribution is 5.90. The minimum Gasteiger partial charge on any atom is -0.378 e. The van der Waals surface area contributed by atoms with E-state index < -0.39 is 17.9 Å². The molecule has 1 saturated heterocycles. The van der Waals surface area contributed by atoms with Gasteiger partial charge in [0.15, 0.2) is 0 Å². The summed E-state index contributed by atoms with van der Waals surface area (Å²) < 4.78 is 5.28. The molecule has 2 unspecified atom stereocenters. The fourth-order valence-electron chi connectivity index (χ4n) is 3.80. The van der Waals surface area contributed by atoms with E-state index in [1.165, 1.54) is 19.3 Å². The van der Waals surface area contributed by atoms with Crippen LogP contribution in [0.1, 0.15) is 44.9 Å². The summed E-state index contributed by atoms with van der Waals surface area (Å²) in [5, 5.41) is 2.63. The molecule has 0 bridgehead atoms. The Balaban J connectivity index is 2.00. The predicted octanol–water partition coefficient (Wildman–Crippen LogP) is -0.249. The number of carbonyl (C=O) groups is 3. The van der Waals surface area contributed by atoms with E-state index in [4.69, 9.17) is 16.2 Å². The minimum absolute atomic E-state index is 0.0346. The van der Waals surface area contributed by atoms with Gasteiger partial charge in [-0.25, -0.2) is 0 Å². The van der Waals surface area contributed by atoms with E-state index in [2.05, 4.69) is 5.32 Å². The number of nitrogens with one attached hydrogen (secondary N) is 1. The van der Waals surface area contributed by atoms with Gasteiger partial charge in [-0.3, -0.25) is 14.4 Å². The van der Waals surface area contributed by atoms with Crippen LogP contribution in [0.3, 0.4) is 0 Å². The quantitative estimate of drug-likeness (QED) is 0.544. The highest BCUT2D eigenvalue weighted by Gasteiger charge is 2.30. The van der Waals surface area contributed by atoms with Gasteiger partial charge in [-0.2, -0.15) is 0 Å². The van der Waals surface area contributed by atoms with E-state index in [9.17, 15) is 14.4 Å². The summed E-state index contributed by atoms with van der Waals surface area (Å²) in [6, 6.07) is -0.894. The van der Waals surface area contributed by atoms with Crippen LogP contribution in [0.25, 0.3) is 0 Å². The van der Waals surface area contributed by atoms with Gasteiger partial charge in [-0.05, 0) is 12.3 Å². The zero-order valence-electron chi connectivity index (χ0n) is 15.5. The molecule has 0 spiro atoms. The minimum atomic E-state index is -0.894. The van der Waals surface area contributed by atoms with Gasteiger partial charge in [-0.1, -0.05) is 32.1 Å². The van der Waals surface area contributed by atoms with Crippen LogP contribution in [0.15, 0.2) is 0 Å². The molecule has 2 aliphatic rings. The first-order chi connectivity index (χ1) is 12.5. The van der Waals surface area contributed by atoms with E-state index in [0.717, 1.165) is 12.8 Å². The van der Waals surface area contributed by atoms with Crippen molar-refractivity contribution in [3.05, 3.63) is 0 Å². The van der Waals surface area contributed by atoms with Gasteiger partial charge >= 0.3 is 0 Å². The Labute approximate surface area is 155 Å². The summed E-state index contributed by atoms with van der Waals surface area (Å²) in [6.45, 7) is 2.13. The number of carbonyl (C=O) groups excluding carboxylic acids is 3. The summed E-state index contributed by atoms with van der Waals surface area (Å²) >= 11 is 0. The maximum Gasteiger partial charge on any atom is 0.241 e. The second-order valence-corrected chi connectivity index (χ2v) is 7.33. The molecule has 2 rings (SSSR count). The average Bonchev–Trinajstić information content (AvgIpc) is 2.66. The summed E-state index contributed by atoms with van der Waals surface area (Å²) in [4.78, 5) is 38.5. The molecule has 0 aromatic rings. The summed E-state index contributed by atoms with van der Waals surface area (Å²) in [5.74, 6) is -1.00. The second kappa shape index (κ2) is 10.5. The van der Waals surface area contributed by atoms with Crippen molar-refractivity contribution in [3.8, 4) is 0 Å². The molecule has 2 fully saturated rings. The topological polar surface area (TPSA) is 128 Å². The molecule has 3 amide bonds. The third kappa shape index (κ3) is 6.25. The van der Waals surface area contributed by atoms with Crippen molar-refractivity contribution in [1.82, 2.24) is 10.2 Å². The monoisotopic (exact) mass is 368 g/mol. The number of primary amides is 1. The van der Waals surface area contributed by atoms with Crippen molar-refractivity contribution < 1.29 is 19.1 Å². The van der Waals surface area contributed by atoms with Crippen LogP contribution in [0, 0.1) is 11.8 Å². The van der Waals surface area contributed by atoms with Crippen LogP contribution in [0.4, 0.5) is 0 Å². The molecule has 0 aromatic heterocycles. The Hall–Kier alpha value is -1.67. The molecule has 26 heavy (non-hydrogen) atoms. The van der Waals surface area contributed by atoms with Crippen LogP contribution in [0.2, 0.25) is 0 Å². The lowest BCUT2D eigenvalue weighted by Gasteiger charge is -2.30. The van der Waals surface area contributed by atoms with Gasteiger partial charge in [-0.15, -0.1) is 0 Å². The Kier molecular flexibility index (Phi) is 8.31. The van der Waals surface area contributed by atoms with Crippen molar-refractivity contribution in [1.29, 1.82) is 0 Å². The average molecular weight is 368 g/mol. The molecule has 8 nitrogen and oxygen atoms in total. The highest BCUT2D eigenvalue weighted by Crippen LogP contribution is 2.30. The zero-order chi connectivity index (χ0) is 18.9. The molecule has 1 aliphatic carbocycles. The predicted molar refractivity (Wildman–Crippen MR) is 96.9 cm³/mol. The first-order valence-electron chi connectivity index (χ1n) is 9.66. The van der Waals surface area contributed by atoms with Gasteiger partial charge < -0.3 is 26.4 Å². The van der Waals surface area contributed by atoms with Crippen molar-refractivity contribution in [3.63, 3.8) is 0 Å². The smallest absolute Gasteiger partial charge is 0.241 e. The number of rotatable bonds is 8. The molecule has 0 radical (unpaired) electrons. The van der Waals surface area contributed by atoms with Crippen molar-refractivity contribution in [2.75, 3.05) is 32.8 Å². The highest BCUT2D eigenvalue weighted by atomic mass is 16.5. The Morgan fingerprint density at radius 3 is 2.35 bits per heavy atom. The van der Waals surface area contributed by atoms with E-state index in [1.54, 1.807) is 4.90 Å². The lowest BCUT2D eigenvalue weighted by Crippen LogP contribution is -2.51. The molecular formula is C18H32N4O4. The zero-order valence-corrected chi connectivity index (χ0v) is 15.5. The van der Waals surface area contributed by atoms with Gasteiger partial charge in [0.05, 0.1) is 13.2 Å². The first-order valence-corrected chi connectivity index (χ1v) is 9.66. The van der Waals surface area contributed by atoms with E-state index in [0.29, 0.717) is 38.6 Å². The summed E-state index contributed by atoms with van der Waals surface area (Å²) in [6.07, 6.45) is 6.57. The lowest BCUT2D eigenvalue weighted by molar-refractivity contribution is -0.140. The normalized spacial score (nSPS) is 21.0. The molecular weight excluding hydrogens is 336 g/mol. The number of amides is 3. The molecule has 8 heteroatoms. The molecule has 1 aliphatic heterocycles. The molecule has 1 heterocycles. The standard InChI is InChI=1S/C18H32N4O4/c19-12-15(17(20)24)21-18(25)14(10-13-4-2-1-3-5-13)11-16(23)22-6-8-26-9-7-22/h13-15H,1-12,19H2,(H2,20,24)(H,21,25). The molecule has 2 atom stereocenters. The number of ether oxygens (including phenoxy) is 1. The number of hydrogen-bond acceptors (Lipinski definition) is 5. The Morgan fingerprint density at radius 2 is 1.77 bits per heavy atom. The molecule has 148 valence electrons. The van der Waals surface area contributed by atoms with Crippen LogP contribution in [0.5, 0.6) is 0 Å². The fourth-order valence-corrected chi connectivity index (χ4v) is 3.80. The van der Waals surface area contributed by atoms with E-state index in [1.807, 2.05) is 0 Å². The molecule has 5 N–H and O–H groups in total. The van der Waals surface area contributed by atoms with Gasteiger partial charge in [0.2, 0.25) is 17.7 Å². The van der Waals surface area contributed by atoms with Crippen molar-refractivity contribution in [2.45, 2.75) is 51.0 Å². The number of hydrogen-bond donors (Lipinski definition) is 3. The van der Waals surface area contributed by atoms with E-state index in [-0.39, 0.29) is 24.8 Å². The van der Waals surface area contributed by atoms with Crippen molar-refractivity contribution >= 4 is 17.7 Å². The van der Waals surface area contributed by atoms with Crippen LogP contribution >= 0.6 is 0 Å². The van der Waals surface area contributed by atoms with Gasteiger partial charge in [0.1, 0.15) is 6.04 Å². The Bertz CT molecular complexity index is 488. The van der Waals surface area contributed by atoms with E-state index >= 15 is 0 Å². The summed E-state index contributed by atoms with van der Waals surface area (Å²) in [5.41, 5.74) is 10.8. The lowest BCUT2D eigenvalue weighted by atomic mass is 9.81. The fraction of sp³-hybridized carbons (Fsp3) is 0.833. The number of morpholine rings is 1. The van der Waals surface area contributed by atoms with Gasteiger partial charge in [0.25, 0.3) is 0 Å². The SMILES string of the molecule is NCC(NC(=O)C(CC(=O)N1CCOCC1)CC1CCCCC1)C(N)=O. The maximum absolute atomic E-state index is 12.7. The third-order valence-electron chi connectivity index (χ3n) is 5.39. The maximum atomic E-state index is 12.7. The van der Waals surface area contributed by atoms with Crippen LogP contribution < -0.4 is 16.8 Å². The molecule has 1 saturated carbocycles. The van der Waals surface area contributed by atoms with Crippen molar-refractivity contribution in [2.24, 2.45) is 23.3 Å². The second-order valence-electron chi connectivity index (χ2n) is 7.33. The van der Waals surface area contributed by atoms with Crippen LogP contribution in [-0.4, -0.2) is 61.5 Å².